The van der Waals surface area contributed by atoms with E-state index in [-0.39, 0.29) is 16.6 Å². The van der Waals surface area contributed by atoms with Gasteiger partial charge in [0.1, 0.15) is 0 Å². The van der Waals surface area contributed by atoms with Crippen LogP contribution in [0.15, 0.2) is 47.4 Å². The number of amides is 1. The highest BCUT2D eigenvalue weighted by atomic mass is 32.2. The predicted octanol–water partition coefficient (Wildman–Crippen LogP) is 5.07. The highest BCUT2D eigenvalue weighted by Gasteiger charge is 2.33. The van der Waals surface area contributed by atoms with Crippen molar-refractivity contribution in [3.05, 3.63) is 63.7 Å². The Bertz CT molecular complexity index is 856. The van der Waals surface area contributed by atoms with Crippen molar-refractivity contribution in [2.45, 2.75) is 24.9 Å². The van der Waals surface area contributed by atoms with Crippen LogP contribution in [0.25, 0.3) is 0 Å². The highest BCUT2D eigenvalue weighted by molar-refractivity contribution is 8.00. The Kier molecular flexibility index (Phi) is 6.48. The fourth-order valence-corrected chi connectivity index (χ4v) is 3.40. The van der Waals surface area contributed by atoms with E-state index in [2.05, 4.69) is 0 Å². The molecule has 0 spiro atoms. The second kappa shape index (κ2) is 8.43. The molecule has 2 aromatic rings. The molecule has 1 amide bonds. The number of aryl methyl sites for hydroxylation is 1. The minimum atomic E-state index is -4.67. The number of carbonyl (C=O) groups excluding carboxylic acids is 1. The molecular weight excluding hydrogens is 381 g/mol. The molecule has 0 bridgehead atoms. The van der Waals surface area contributed by atoms with E-state index in [1.807, 2.05) is 19.1 Å². The van der Waals surface area contributed by atoms with Crippen LogP contribution in [0.4, 0.5) is 24.5 Å². The number of thioether (sulfide) groups is 1. The summed E-state index contributed by atoms with van der Waals surface area (Å²) in [5, 5.41) is 11.1. The Morgan fingerprint density at radius 1 is 1.22 bits per heavy atom. The molecule has 0 aliphatic carbocycles. The summed E-state index contributed by atoms with van der Waals surface area (Å²) in [6, 6.07) is 9.60. The smallest absolute Gasteiger partial charge is 0.312 e. The van der Waals surface area contributed by atoms with E-state index < -0.39 is 22.4 Å². The third kappa shape index (κ3) is 5.00. The number of benzene rings is 2. The maximum Gasteiger partial charge on any atom is 0.416 e. The summed E-state index contributed by atoms with van der Waals surface area (Å²) in [6.45, 7) is 4.06. The molecule has 5 nitrogen and oxygen atoms in total. The second-order valence-electron chi connectivity index (χ2n) is 5.65. The average Bonchev–Trinajstić information content (AvgIpc) is 2.61. The van der Waals surface area contributed by atoms with Gasteiger partial charge >= 0.3 is 6.18 Å². The van der Waals surface area contributed by atoms with Crippen molar-refractivity contribution in [1.82, 2.24) is 0 Å². The standard InChI is InChI=1S/C18H17F3N2O3S/c1-3-22(14-7-5-4-6-12(14)2)17(24)11-27-16-9-8-13(18(19,20)21)10-15(16)23(25)26/h4-10H,3,11H2,1-2H3. The predicted molar refractivity (Wildman–Crippen MR) is 98.0 cm³/mol. The van der Waals surface area contributed by atoms with Gasteiger partial charge in [0.05, 0.1) is 21.1 Å². The van der Waals surface area contributed by atoms with E-state index in [0.717, 1.165) is 35.1 Å². The molecule has 0 heterocycles. The maximum absolute atomic E-state index is 12.8. The number of nitrogens with zero attached hydrogens (tertiary/aromatic N) is 2. The van der Waals surface area contributed by atoms with Crippen LogP contribution in [0.5, 0.6) is 0 Å². The number of alkyl halides is 3. The third-order valence-corrected chi connectivity index (χ3v) is 4.91. The molecule has 0 saturated carbocycles. The zero-order valence-electron chi connectivity index (χ0n) is 14.6. The largest absolute Gasteiger partial charge is 0.416 e. The first kappa shape index (κ1) is 20.8. The van der Waals surface area contributed by atoms with Crippen LogP contribution in [0.3, 0.4) is 0 Å². The number of hydrogen-bond donors (Lipinski definition) is 0. The van der Waals surface area contributed by atoms with E-state index in [1.54, 1.807) is 19.1 Å². The summed E-state index contributed by atoms with van der Waals surface area (Å²) in [5.74, 6) is -0.417. The van der Waals surface area contributed by atoms with Crippen LogP contribution >= 0.6 is 11.8 Å². The average molecular weight is 398 g/mol. The number of anilines is 1. The summed E-state index contributed by atoms with van der Waals surface area (Å²) < 4.78 is 38.3. The molecule has 27 heavy (non-hydrogen) atoms. The van der Waals surface area contributed by atoms with Gasteiger partial charge < -0.3 is 4.90 Å². The Balaban J connectivity index is 2.21. The van der Waals surface area contributed by atoms with Crippen LogP contribution in [0.2, 0.25) is 0 Å². The van der Waals surface area contributed by atoms with Crippen LogP contribution in [-0.4, -0.2) is 23.1 Å². The van der Waals surface area contributed by atoms with Gasteiger partial charge in [-0.1, -0.05) is 18.2 Å². The Morgan fingerprint density at radius 3 is 2.44 bits per heavy atom. The summed E-state index contributed by atoms with van der Waals surface area (Å²) in [5.41, 5.74) is -0.132. The molecule has 2 rings (SSSR count). The molecule has 0 unspecified atom stereocenters. The van der Waals surface area contributed by atoms with E-state index >= 15 is 0 Å². The number of rotatable bonds is 6. The third-order valence-electron chi connectivity index (χ3n) is 3.86. The molecule has 0 fully saturated rings. The van der Waals surface area contributed by atoms with Crippen molar-refractivity contribution < 1.29 is 22.9 Å². The first-order chi connectivity index (χ1) is 12.6. The summed E-state index contributed by atoms with van der Waals surface area (Å²) in [7, 11) is 0. The van der Waals surface area contributed by atoms with Crippen molar-refractivity contribution >= 4 is 29.0 Å². The first-order valence-electron chi connectivity index (χ1n) is 7.99. The molecule has 0 aromatic heterocycles. The Hall–Kier alpha value is -2.55. The SMILES string of the molecule is CCN(C(=O)CSc1ccc(C(F)(F)F)cc1[N+](=O)[O-])c1ccccc1C. The fourth-order valence-electron chi connectivity index (χ4n) is 2.52. The quantitative estimate of drug-likeness (QED) is 0.387. The number of nitro benzene ring substituents is 1. The summed E-state index contributed by atoms with van der Waals surface area (Å²) >= 11 is 0.847. The molecule has 0 aliphatic heterocycles. The van der Waals surface area contributed by atoms with Crippen molar-refractivity contribution in [2.75, 3.05) is 17.2 Å². The van der Waals surface area contributed by atoms with Gasteiger partial charge in [-0.15, -0.1) is 11.8 Å². The van der Waals surface area contributed by atoms with Gasteiger partial charge in [0.25, 0.3) is 5.69 Å². The van der Waals surface area contributed by atoms with Crippen molar-refractivity contribution in [2.24, 2.45) is 0 Å². The fraction of sp³-hybridized carbons (Fsp3) is 0.278. The van der Waals surface area contributed by atoms with Gasteiger partial charge in [0, 0.05) is 18.3 Å². The van der Waals surface area contributed by atoms with Crippen molar-refractivity contribution in [3.8, 4) is 0 Å². The Labute approximate surface area is 158 Å². The van der Waals surface area contributed by atoms with Gasteiger partial charge in [-0.2, -0.15) is 13.2 Å². The zero-order valence-corrected chi connectivity index (χ0v) is 15.4. The number of para-hydroxylation sites is 1. The normalized spacial score (nSPS) is 11.3. The van der Waals surface area contributed by atoms with Gasteiger partial charge in [0.2, 0.25) is 5.91 Å². The second-order valence-corrected chi connectivity index (χ2v) is 6.67. The molecule has 0 atom stereocenters. The number of hydrogen-bond acceptors (Lipinski definition) is 4. The molecule has 0 aliphatic rings. The van der Waals surface area contributed by atoms with Gasteiger partial charge in [-0.05, 0) is 37.6 Å². The van der Waals surface area contributed by atoms with Gasteiger partial charge in [-0.3, -0.25) is 14.9 Å². The van der Waals surface area contributed by atoms with Crippen molar-refractivity contribution in [1.29, 1.82) is 0 Å². The topological polar surface area (TPSA) is 63.5 Å². The van der Waals surface area contributed by atoms with E-state index in [4.69, 9.17) is 0 Å². The number of halogens is 3. The van der Waals surface area contributed by atoms with Crippen LogP contribution in [0, 0.1) is 17.0 Å². The summed E-state index contributed by atoms with van der Waals surface area (Å²) in [4.78, 5) is 24.4. The van der Waals surface area contributed by atoms with Crippen LogP contribution in [0.1, 0.15) is 18.1 Å². The lowest BCUT2D eigenvalue weighted by Gasteiger charge is -2.22. The summed E-state index contributed by atoms with van der Waals surface area (Å²) in [6.07, 6.45) is -4.67. The zero-order chi connectivity index (χ0) is 20.2. The lowest BCUT2D eigenvalue weighted by Crippen LogP contribution is -2.32. The maximum atomic E-state index is 12.8. The lowest BCUT2D eigenvalue weighted by atomic mass is 10.2. The van der Waals surface area contributed by atoms with Crippen molar-refractivity contribution in [3.63, 3.8) is 0 Å². The number of nitro groups is 1. The Morgan fingerprint density at radius 2 is 1.89 bits per heavy atom. The van der Waals surface area contributed by atoms with Crippen LogP contribution < -0.4 is 4.90 Å². The molecule has 144 valence electrons. The lowest BCUT2D eigenvalue weighted by molar-refractivity contribution is -0.388. The van der Waals surface area contributed by atoms with Gasteiger partial charge in [-0.25, -0.2) is 0 Å². The van der Waals surface area contributed by atoms with Crippen LogP contribution in [-0.2, 0) is 11.0 Å². The minimum Gasteiger partial charge on any atom is -0.312 e. The van der Waals surface area contributed by atoms with Gasteiger partial charge in [0.15, 0.2) is 0 Å². The molecule has 0 saturated heterocycles. The monoisotopic (exact) mass is 398 g/mol. The highest BCUT2D eigenvalue weighted by Crippen LogP contribution is 2.36. The molecule has 0 radical (unpaired) electrons. The number of carbonyl (C=O) groups is 1. The van der Waals surface area contributed by atoms with E-state index in [1.165, 1.54) is 4.90 Å². The first-order valence-corrected chi connectivity index (χ1v) is 8.98. The molecular formula is C18H17F3N2O3S. The van der Waals surface area contributed by atoms with E-state index in [9.17, 15) is 28.1 Å². The van der Waals surface area contributed by atoms with E-state index in [0.29, 0.717) is 12.6 Å². The molecule has 0 N–H and O–H groups in total. The molecule has 2 aromatic carbocycles. The minimum absolute atomic E-state index is 0.0159. The molecule has 9 heteroatoms.